The van der Waals surface area contributed by atoms with Crippen LogP contribution in [0.3, 0.4) is 0 Å². The summed E-state index contributed by atoms with van der Waals surface area (Å²) in [5, 5.41) is 10.7. The van der Waals surface area contributed by atoms with Crippen molar-refractivity contribution in [3.05, 3.63) is 34.9 Å². The summed E-state index contributed by atoms with van der Waals surface area (Å²) in [7, 11) is 3.78. The van der Waals surface area contributed by atoms with E-state index >= 15 is 0 Å². The second-order valence-corrected chi connectivity index (χ2v) is 4.23. The van der Waals surface area contributed by atoms with Crippen molar-refractivity contribution in [2.45, 2.75) is 6.54 Å². The summed E-state index contributed by atoms with van der Waals surface area (Å²) in [6, 6.07) is 7.70. The van der Waals surface area contributed by atoms with E-state index in [1.54, 1.807) is 0 Å². The van der Waals surface area contributed by atoms with Gasteiger partial charge in [-0.15, -0.1) is 5.10 Å². The van der Waals surface area contributed by atoms with Gasteiger partial charge >= 0.3 is 0 Å². The number of halogens is 1. The molecule has 6 heteroatoms. The fraction of sp³-hybridized carbons (Fsp3) is 0.273. The van der Waals surface area contributed by atoms with Crippen molar-refractivity contribution < 1.29 is 0 Å². The van der Waals surface area contributed by atoms with Crippen molar-refractivity contribution in [1.29, 1.82) is 0 Å². The molecule has 17 heavy (non-hydrogen) atoms. The first-order valence-electron chi connectivity index (χ1n) is 5.24. The van der Waals surface area contributed by atoms with Crippen LogP contribution in [0, 0.1) is 0 Å². The van der Waals surface area contributed by atoms with Crippen LogP contribution in [0.15, 0.2) is 24.3 Å². The molecule has 5 nitrogen and oxygen atoms in total. The summed E-state index contributed by atoms with van der Waals surface area (Å²) in [4.78, 5) is 6.09. The van der Waals surface area contributed by atoms with Gasteiger partial charge in [-0.1, -0.05) is 29.8 Å². The molecule has 0 unspecified atom stereocenters. The van der Waals surface area contributed by atoms with Crippen LogP contribution in [0.25, 0.3) is 0 Å². The maximum atomic E-state index is 6.05. The van der Waals surface area contributed by atoms with Crippen LogP contribution < -0.4 is 10.2 Å². The van der Waals surface area contributed by atoms with Gasteiger partial charge in [0.05, 0.1) is 0 Å². The smallest absolute Gasteiger partial charge is 0.245 e. The normalized spacial score (nSPS) is 10.3. The lowest BCUT2D eigenvalue weighted by Crippen LogP contribution is -2.10. The molecule has 0 bridgehead atoms. The van der Waals surface area contributed by atoms with Gasteiger partial charge in [-0.2, -0.15) is 4.98 Å². The number of nitrogens with zero attached hydrogens (tertiary/aromatic N) is 3. The molecule has 0 spiro atoms. The number of nitrogens with one attached hydrogen (secondary N) is 2. The number of rotatable bonds is 4. The van der Waals surface area contributed by atoms with Crippen molar-refractivity contribution in [3.8, 4) is 0 Å². The fourth-order valence-corrected chi connectivity index (χ4v) is 1.56. The van der Waals surface area contributed by atoms with Crippen LogP contribution in [-0.2, 0) is 6.54 Å². The molecule has 0 aliphatic heterocycles. The van der Waals surface area contributed by atoms with Crippen molar-refractivity contribution >= 4 is 23.5 Å². The minimum atomic E-state index is 0.613. The van der Waals surface area contributed by atoms with E-state index in [9.17, 15) is 0 Å². The lowest BCUT2D eigenvalue weighted by Gasteiger charge is -2.05. The predicted octanol–water partition coefficient (Wildman–Crippen LogP) is 2.14. The molecule has 0 fully saturated rings. The maximum Gasteiger partial charge on any atom is 0.245 e. The molecular formula is C11H14ClN5. The molecule has 1 aromatic heterocycles. The highest BCUT2D eigenvalue weighted by Crippen LogP contribution is 2.16. The predicted molar refractivity (Wildman–Crippen MR) is 69.5 cm³/mol. The third kappa shape index (κ3) is 2.88. The van der Waals surface area contributed by atoms with Crippen LogP contribution in [0.1, 0.15) is 5.56 Å². The van der Waals surface area contributed by atoms with Crippen LogP contribution in [0.4, 0.5) is 11.9 Å². The quantitative estimate of drug-likeness (QED) is 0.874. The lowest BCUT2D eigenvalue weighted by molar-refractivity contribution is 0.996. The van der Waals surface area contributed by atoms with Gasteiger partial charge in [0.25, 0.3) is 0 Å². The molecule has 0 aliphatic rings. The molecule has 0 aliphatic carbocycles. The monoisotopic (exact) mass is 251 g/mol. The minimum absolute atomic E-state index is 0.613. The summed E-state index contributed by atoms with van der Waals surface area (Å²) >= 11 is 6.05. The molecule has 90 valence electrons. The highest BCUT2D eigenvalue weighted by molar-refractivity contribution is 6.31. The zero-order valence-electron chi connectivity index (χ0n) is 9.74. The van der Waals surface area contributed by atoms with Gasteiger partial charge in [0.2, 0.25) is 11.9 Å². The number of aromatic nitrogens is 3. The molecule has 0 amide bonds. The molecule has 0 saturated carbocycles. The minimum Gasteiger partial charge on any atom is -0.350 e. The molecule has 2 N–H and O–H groups in total. The number of hydrogen-bond acceptors (Lipinski definition) is 4. The number of H-pyrrole nitrogens is 1. The Labute approximate surface area is 105 Å². The summed E-state index contributed by atoms with van der Waals surface area (Å²) in [6.45, 7) is 0.613. The molecule has 0 saturated heterocycles. The fourth-order valence-electron chi connectivity index (χ4n) is 1.35. The molecular weight excluding hydrogens is 238 g/mol. The topological polar surface area (TPSA) is 56.8 Å². The first-order chi connectivity index (χ1) is 8.16. The lowest BCUT2D eigenvalue weighted by atomic mass is 10.2. The zero-order valence-corrected chi connectivity index (χ0v) is 10.5. The summed E-state index contributed by atoms with van der Waals surface area (Å²) < 4.78 is 0. The largest absolute Gasteiger partial charge is 0.350 e. The van der Waals surface area contributed by atoms with Crippen molar-refractivity contribution in [2.24, 2.45) is 0 Å². The third-order valence-electron chi connectivity index (χ3n) is 2.28. The molecule has 2 rings (SSSR count). The Kier molecular flexibility index (Phi) is 3.49. The summed E-state index contributed by atoms with van der Waals surface area (Å²) in [6.07, 6.45) is 0. The Bertz CT molecular complexity index is 494. The Morgan fingerprint density at radius 1 is 1.35 bits per heavy atom. The van der Waals surface area contributed by atoms with E-state index in [4.69, 9.17) is 11.6 Å². The van der Waals surface area contributed by atoms with Crippen molar-refractivity contribution in [2.75, 3.05) is 24.3 Å². The average Bonchev–Trinajstić information content (AvgIpc) is 2.77. The molecule has 1 aromatic carbocycles. The maximum absolute atomic E-state index is 6.05. The Morgan fingerprint density at radius 3 is 2.76 bits per heavy atom. The van der Waals surface area contributed by atoms with Gasteiger partial charge in [0.15, 0.2) is 0 Å². The number of anilines is 2. The van der Waals surface area contributed by atoms with E-state index in [0.29, 0.717) is 18.4 Å². The van der Waals surface area contributed by atoms with E-state index in [0.717, 1.165) is 10.6 Å². The molecule has 1 heterocycles. The van der Waals surface area contributed by atoms with Gasteiger partial charge in [0.1, 0.15) is 0 Å². The van der Waals surface area contributed by atoms with Gasteiger partial charge in [-0.3, -0.25) is 0 Å². The highest BCUT2D eigenvalue weighted by atomic mass is 35.5. The standard InChI is InChI=1S/C11H14ClN5/c1-17(2)11-14-10(15-16-11)13-7-8-5-3-4-6-9(8)12/h3-6H,7H2,1-2H3,(H2,13,14,15,16). The average molecular weight is 252 g/mol. The number of aromatic amines is 1. The second kappa shape index (κ2) is 5.05. The number of hydrogen-bond donors (Lipinski definition) is 2. The molecule has 0 atom stereocenters. The van der Waals surface area contributed by atoms with Gasteiger partial charge in [-0.25, -0.2) is 5.10 Å². The second-order valence-electron chi connectivity index (χ2n) is 3.82. The van der Waals surface area contributed by atoms with E-state index in [1.807, 2.05) is 43.3 Å². The van der Waals surface area contributed by atoms with Crippen LogP contribution >= 0.6 is 11.6 Å². The molecule has 2 aromatic rings. The van der Waals surface area contributed by atoms with E-state index in [1.165, 1.54) is 0 Å². The van der Waals surface area contributed by atoms with Gasteiger partial charge < -0.3 is 10.2 Å². The van der Waals surface area contributed by atoms with Crippen LogP contribution in [0.5, 0.6) is 0 Å². The third-order valence-corrected chi connectivity index (χ3v) is 2.65. The molecule has 0 radical (unpaired) electrons. The van der Waals surface area contributed by atoms with E-state index in [-0.39, 0.29) is 0 Å². The Morgan fingerprint density at radius 2 is 2.12 bits per heavy atom. The summed E-state index contributed by atoms with van der Waals surface area (Å²) in [5.41, 5.74) is 1.02. The Hall–Kier alpha value is -1.75. The number of benzene rings is 1. The highest BCUT2D eigenvalue weighted by Gasteiger charge is 2.04. The van der Waals surface area contributed by atoms with Crippen molar-refractivity contribution in [3.63, 3.8) is 0 Å². The van der Waals surface area contributed by atoms with E-state index in [2.05, 4.69) is 20.5 Å². The zero-order chi connectivity index (χ0) is 12.3. The van der Waals surface area contributed by atoms with Gasteiger partial charge in [-0.05, 0) is 11.6 Å². The summed E-state index contributed by atoms with van der Waals surface area (Å²) in [5.74, 6) is 1.28. The van der Waals surface area contributed by atoms with Crippen LogP contribution in [0.2, 0.25) is 5.02 Å². The first kappa shape index (κ1) is 11.7. The van der Waals surface area contributed by atoms with Gasteiger partial charge in [0, 0.05) is 25.7 Å². The van der Waals surface area contributed by atoms with Crippen LogP contribution in [-0.4, -0.2) is 29.3 Å². The SMILES string of the molecule is CN(C)c1n[nH]c(NCc2ccccc2Cl)n1. The first-order valence-corrected chi connectivity index (χ1v) is 5.61. The Balaban J connectivity index is 2.00. The van der Waals surface area contributed by atoms with Crippen molar-refractivity contribution in [1.82, 2.24) is 15.2 Å². The van der Waals surface area contributed by atoms with E-state index < -0.39 is 0 Å².